The van der Waals surface area contributed by atoms with Crippen LogP contribution in [0, 0.1) is 13.8 Å². The molecule has 1 amide bonds. The zero-order valence-corrected chi connectivity index (χ0v) is 18.4. The number of carbonyl (C=O) groups excluding carboxylic acids is 1. The van der Waals surface area contributed by atoms with Crippen LogP contribution in [-0.4, -0.2) is 30.8 Å². The highest BCUT2D eigenvalue weighted by atomic mass is 32.2. The number of anilines is 1. The van der Waals surface area contributed by atoms with E-state index < -0.39 is 0 Å². The third kappa shape index (κ3) is 4.39. The van der Waals surface area contributed by atoms with Gasteiger partial charge >= 0.3 is 5.56 Å². The Morgan fingerprint density at radius 3 is 2.68 bits per heavy atom. The van der Waals surface area contributed by atoms with Gasteiger partial charge in [-0.05, 0) is 61.2 Å². The van der Waals surface area contributed by atoms with Crippen molar-refractivity contribution in [2.24, 2.45) is 0 Å². The Bertz CT molecular complexity index is 1330. The van der Waals surface area contributed by atoms with Gasteiger partial charge in [-0.2, -0.15) is 0 Å². The fourth-order valence-electron chi connectivity index (χ4n) is 3.24. The molecule has 2 aromatic carbocycles. The number of hydrogen-bond acceptors (Lipinski definition) is 5. The van der Waals surface area contributed by atoms with Gasteiger partial charge in [-0.1, -0.05) is 36.9 Å². The molecule has 0 bridgehead atoms. The number of thioether (sulfide) groups is 1. The number of rotatable bonds is 6. The Balaban J connectivity index is 1.51. The fourth-order valence-corrected chi connectivity index (χ4v) is 3.96. The molecule has 31 heavy (non-hydrogen) atoms. The third-order valence-electron chi connectivity index (χ3n) is 5.16. The molecule has 0 saturated carbocycles. The molecule has 4 aromatic rings. The molecule has 2 heterocycles. The van der Waals surface area contributed by atoms with E-state index >= 15 is 0 Å². The van der Waals surface area contributed by atoms with Crippen LogP contribution in [0.15, 0.2) is 64.8 Å². The van der Waals surface area contributed by atoms with Crippen molar-refractivity contribution in [3.63, 3.8) is 0 Å². The van der Waals surface area contributed by atoms with E-state index in [-0.39, 0.29) is 22.9 Å². The summed E-state index contributed by atoms with van der Waals surface area (Å²) in [6, 6.07) is 13.6. The second-order valence-corrected chi connectivity index (χ2v) is 8.25. The van der Waals surface area contributed by atoms with E-state index in [2.05, 4.69) is 22.4 Å². The predicted octanol–water partition coefficient (Wildman–Crippen LogP) is 3.79. The van der Waals surface area contributed by atoms with Crippen molar-refractivity contribution in [1.82, 2.24) is 19.2 Å². The van der Waals surface area contributed by atoms with Gasteiger partial charge < -0.3 is 5.32 Å². The van der Waals surface area contributed by atoms with Gasteiger partial charge in [0.25, 0.3) is 0 Å². The van der Waals surface area contributed by atoms with Crippen LogP contribution in [-0.2, 0) is 11.2 Å². The maximum Gasteiger partial charge on any atom is 0.300 e. The SMILES string of the molecule is CCc1cccc(NC(=O)CSc2nnc3c(=O)n(-c4ccc(C)c(C)c4)ccn23)c1. The van der Waals surface area contributed by atoms with Gasteiger partial charge in [0.15, 0.2) is 5.16 Å². The first-order valence-corrected chi connectivity index (χ1v) is 11.0. The quantitative estimate of drug-likeness (QED) is 0.468. The summed E-state index contributed by atoms with van der Waals surface area (Å²) in [6.45, 7) is 6.11. The van der Waals surface area contributed by atoms with E-state index in [9.17, 15) is 9.59 Å². The van der Waals surface area contributed by atoms with Crippen LogP contribution in [0.1, 0.15) is 23.6 Å². The molecule has 2 aromatic heterocycles. The average molecular weight is 434 g/mol. The number of fused-ring (bicyclic) bond motifs is 1. The van der Waals surface area contributed by atoms with Crippen molar-refractivity contribution < 1.29 is 4.79 Å². The molecule has 7 nitrogen and oxygen atoms in total. The summed E-state index contributed by atoms with van der Waals surface area (Å²) in [5.41, 5.74) is 4.95. The summed E-state index contributed by atoms with van der Waals surface area (Å²) >= 11 is 1.24. The van der Waals surface area contributed by atoms with Crippen LogP contribution < -0.4 is 10.9 Å². The average Bonchev–Trinajstić information content (AvgIpc) is 3.19. The lowest BCUT2D eigenvalue weighted by Gasteiger charge is -2.09. The Kier molecular flexibility index (Phi) is 5.90. The van der Waals surface area contributed by atoms with Crippen molar-refractivity contribution in [2.45, 2.75) is 32.3 Å². The highest BCUT2D eigenvalue weighted by molar-refractivity contribution is 7.99. The van der Waals surface area contributed by atoms with E-state index in [0.717, 1.165) is 28.9 Å². The summed E-state index contributed by atoms with van der Waals surface area (Å²) in [6.07, 6.45) is 4.35. The highest BCUT2D eigenvalue weighted by Crippen LogP contribution is 2.18. The first kappa shape index (κ1) is 20.9. The van der Waals surface area contributed by atoms with E-state index in [1.54, 1.807) is 21.4 Å². The zero-order valence-electron chi connectivity index (χ0n) is 17.6. The number of benzene rings is 2. The molecule has 1 N–H and O–H groups in total. The van der Waals surface area contributed by atoms with Gasteiger partial charge in [0.05, 0.1) is 5.75 Å². The van der Waals surface area contributed by atoms with E-state index in [1.807, 2.05) is 56.3 Å². The molecule has 0 unspecified atom stereocenters. The lowest BCUT2D eigenvalue weighted by Crippen LogP contribution is -2.20. The van der Waals surface area contributed by atoms with E-state index in [0.29, 0.717) is 5.16 Å². The van der Waals surface area contributed by atoms with Gasteiger partial charge in [-0.15, -0.1) is 10.2 Å². The van der Waals surface area contributed by atoms with Crippen LogP contribution in [0.2, 0.25) is 0 Å². The molecule has 0 aliphatic rings. The second kappa shape index (κ2) is 8.77. The monoisotopic (exact) mass is 433 g/mol. The predicted molar refractivity (Wildman–Crippen MR) is 123 cm³/mol. The highest BCUT2D eigenvalue weighted by Gasteiger charge is 2.14. The largest absolute Gasteiger partial charge is 0.325 e. The molecule has 0 radical (unpaired) electrons. The number of amides is 1. The van der Waals surface area contributed by atoms with Gasteiger partial charge in [0, 0.05) is 23.8 Å². The molecule has 0 aliphatic carbocycles. The molecular formula is C23H23N5O2S. The number of aromatic nitrogens is 4. The minimum Gasteiger partial charge on any atom is -0.325 e. The summed E-state index contributed by atoms with van der Waals surface area (Å²) in [4.78, 5) is 25.3. The lowest BCUT2D eigenvalue weighted by atomic mass is 10.1. The van der Waals surface area contributed by atoms with Crippen LogP contribution >= 0.6 is 11.8 Å². The molecule has 8 heteroatoms. The molecule has 0 fully saturated rings. The number of hydrogen-bond donors (Lipinski definition) is 1. The van der Waals surface area contributed by atoms with Crippen LogP contribution in [0.5, 0.6) is 0 Å². The van der Waals surface area contributed by atoms with Crippen molar-refractivity contribution in [2.75, 3.05) is 11.1 Å². The molecule has 0 atom stereocenters. The van der Waals surface area contributed by atoms with E-state index in [4.69, 9.17) is 0 Å². The molecule has 0 saturated heterocycles. The van der Waals surface area contributed by atoms with Crippen LogP contribution in [0.3, 0.4) is 0 Å². The standard InChI is InChI=1S/C23H23N5O2S/c1-4-17-6-5-7-18(13-17)24-20(29)14-31-23-26-25-21-22(30)27(10-11-28(21)23)19-9-8-15(2)16(3)12-19/h5-13H,4,14H2,1-3H3,(H,24,29). The topological polar surface area (TPSA) is 81.3 Å². The summed E-state index contributed by atoms with van der Waals surface area (Å²) in [5.74, 6) is 0.0238. The molecule has 0 spiro atoms. The molecule has 158 valence electrons. The van der Waals surface area contributed by atoms with Gasteiger partial charge in [0.2, 0.25) is 11.6 Å². The maximum absolute atomic E-state index is 12.9. The Morgan fingerprint density at radius 1 is 1.06 bits per heavy atom. The van der Waals surface area contributed by atoms with E-state index in [1.165, 1.54) is 17.3 Å². The molecule has 4 rings (SSSR count). The minimum absolute atomic E-state index is 0.140. The Morgan fingerprint density at radius 2 is 1.90 bits per heavy atom. The van der Waals surface area contributed by atoms with Crippen molar-refractivity contribution >= 4 is 29.0 Å². The van der Waals surface area contributed by atoms with Gasteiger partial charge in [-0.25, -0.2) is 0 Å². The van der Waals surface area contributed by atoms with Crippen molar-refractivity contribution in [1.29, 1.82) is 0 Å². The number of aryl methyl sites for hydroxylation is 3. The number of nitrogens with one attached hydrogen (secondary N) is 1. The van der Waals surface area contributed by atoms with Crippen LogP contribution in [0.25, 0.3) is 11.3 Å². The summed E-state index contributed by atoms with van der Waals surface area (Å²) in [5, 5.41) is 11.6. The smallest absolute Gasteiger partial charge is 0.300 e. The Labute approximate surface area is 184 Å². The number of carbonyl (C=O) groups is 1. The molecule has 0 aliphatic heterocycles. The Hall–Kier alpha value is -3.39. The first-order chi connectivity index (χ1) is 15.0. The number of nitrogens with zero attached hydrogens (tertiary/aromatic N) is 4. The minimum atomic E-state index is -0.258. The van der Waals surface area contributed by atoms with Crippen molar-refractivity contribution in [3.8, 4) is 5.69 Å². The lowest BCUT2D eigenvalue weighted by molar-refractivity contribution is -0.113. The van der Waals surface area contributed by atoms with Gasteiger partial charge in [-0.3, -0.25) is 18.6 Å². The maximum atomic E-state index is 12.9. The van der Waals surface area contributed by atoms with Crippen molar-refractivity contribution in [3.05, 3.63) is 81.9 Å². The van der Waals surface area contributed by atoms with Gasteiger partial charge in [0.1, 0.15) is 0 Å². The third-order valence-corrected chi connectivity index (χ3v) is 6.10. The zero-order chi connectivity index (χ0) is 22.0. The second-order valence-electron chi connectivity index (χ2n) is 7.31. The first-order valence-electron chi connectivity index (χ1n) is 10.0. The fraction of sp³-hybridized carbons (Fsp3) is 0.217. The normalized spacial score (nSPS) is 11.1. The van der Waals surface area contributed by atoms with Crippen LogP contribution in [0.4, 0.5) is 5.69 Å². The molecular weight excluding hydrogens is 410 g/mol. The summed E-state index contributed by atoms with van der Waals surface area (Å²) < 4.78 is 3.17. The summed E-state index contributed by atoms with van der Waals surface area (Å²) in [7, 11) is 0.